The first-order valence-corrected chi connectivity index (χ1v) is 7.17. The molecule has 2 aromatic rings. The molecule has 0 amide bonds. The lowest BCUT2D eigenvalue weighted by molar-refractivity contribution is 0.242. The lowest BCUT2D eigenvalue weighted by atomic mass is 10.2. The van der Waals surface area contributed by atoms with Crippen molar-refractivity contribution in [1.29, 1.82) is 0 Å². The Labute approximate surface area is 126 Å². The fourth-order valence-corrected chi connectivity index (χ4v) is 1.92. The maximum Gasteiger partial charge on any atom is 0.128 e. The smallest absolute Gasteiger partial charge is 0.128 e. The van der Waals surface area contributed by atoms with E-state index in [1.54, 1.807) is 0 Å². The van der Waals surface area contributed by atoms with Gasteiger partial charge in [0, 0.05) is 20.6 Å². The van der Waals surface area contributed by atoms with Crippen molar-refractivity contribution in [3.8, 4) is 5.75 Å². The first-order chi connectivity index (χ1) is 10.0. The zero-order valence-electron chi connectivity index (χ0n) is 13.1. The predicted octanol–water partition coefficient (Wildman–Crippen LogP) is 3.55. The number of rotatable bonds is 6. The molecular formula is C17H23N3O. The van der Waals surface area contributed by atoms with Crippen molar-refractivity contribution in [3.05, 3.63) is 48.2 Å². The van der Waals surface area contributed by atoms with E-state index in [-0.39, 0.29) is 6.10 Å². The minimum Gasteiger partial charge on any atom is -0.491 e. The van der Waals surface area contributed by atoms with Gasteiger partial charge in [-0.2, -0.15) is 0 Å². The highest BCUT2D eigenvalue weighted by atomic mass is 16.5. The fourth-order valence-electron chi connectivity index (χ4n) is 1.92. The van der Waals surface area contributed by atoms with Crippen molar-refractivity contribution >= 4 is 11.5 Å². The van der Waals surface area contributed by atoms with Crippen LogP contribution in [0.5, 0.6) is 5.75 Å². The molecule has 21 heavy (non-hydrogen) atoms. The molecule has 1 N–H and O–H groups in total. The van der Waals surface area contributed by atoms with Gasteiger partial charge in [-0.15, -0.1) is 0 Å². The van der Waals surface area contributed by atoms with Gasteiger partial charge < -0.3 is 15.0 Å². The molecule has 4 heteroatoms. The van der Waals surface area contributed by atoms with Crippen LogP contribution in [0, 0.1) is 0 Å². The van der Waals surface area contributed by atoms with Gasteiger partial charge in [0.1, 0.15) is 11.6 Å². The first kappa shape index (κ1) is 15.2. The zero-order chi connectivity index (χ0) is 15.2. The summed E-state index contributed by atoms with van der Waals surface area (Å²) >= 11 is 0. The standard InChI is InChI=1S/C17H23N3O/c1-13(2)21-16-8-5-14(6-9-16)11-18-15-7-10-17(19-12-15)20(3)4/h5-10,12-13,18H,11H2,1-4H3. The van der Waals surface area contributed by atoms with Gasteiger partial charge in [-0.1, -0.05) is 12.1 Å². The van der Waals surface area contributed by atoms with Gasteiger partial charge in [-0.3, -0.25) is 0 Å². The number of ether oxygens (including phenoxy) is 1. The van der Waals surface area contributed by atoms with E-state index in [0.717, 1.165) is 23.8 Å². The van der Waals surface area contributed by atoms with E-state index < -0.39 is 0 Å². The molecule has 112 valence electrons. The Kier molecular flexibility index (Phi) is 5.04. The Morgan fingerprint density at radius 1 is 1.10 bits per heavy atom. The van der Waals surface area contributed by atoms with Crippen molar-refractivity contribution in [2.45, 2.75) is 26.5 Å². The van der Waals surface area contributed by atoms with E-state index in [2.05, 4.69) is 22.4 Å². The van der Waals surface area contributed by atoms with E-state index >= 15 is 0 Å². The second-order valence-corrected chi connectivity index (χ2v) is 5.46. The summed E-state index contributed by atoms with van der Waals surface area (Å²) in [6, 6.07) is 12.2. The third kappa shape index (κ3) is 4.67. The summed E-state index contributed by atoms with van der Waals surface area (Å²) in [4.78, 5) is 6.36. The lowest BCUT2D eigenvalue weighted by Gasteiger charge is -2.13. The van der Waals surface area contributed by atoms with Crippen molar-refractivity contribution in [2.75, 3.05) is 24.3 Å². The quantitative estimate of drug-likeness (QED) is 0.881. The molecule has 0 saturated heterocycles. The molecule has 0 aliphatic heterocycles. The highest BCUT2D eigenvalue weighted by molar-refractivity contribution is 5.48. The van der Waals surface area contributed by atoms with Gasteiger partial charge in [0.15, 0.2) is 0 Å². The van der Waals surface area contributed by atoms with Gasteiger partial charge in [0.25, 0.3) is 0 Å². The van der Waals surface area contributed by atoms with E-state index in [1.807, 2.05) is 63.3 Å². The Balaban J connectivity index is 1.90. The molecule has 0 spiro atoms. The minimum absolute atomic E-state index is 0.204. The summed E-state index contributed by atoms with van der Waals surface area (Å²) in [7, 11) is 3.96. The number of pyridine rings is 1. The highest BCUT2D eigenvalue weighted by Crippen LogP contribution is 2.16. The van der Waals surface area contributed by atoms with Crippen LogP contribution in [-0.2, 0) is 6.54 Å². The van der Waals surface area contributed by atoms with Gasteiger partial charge in [-0.25, -0.2) is 4.98 Å². The summed E-state index contributed by atoms with van der Waals surface area (Å²) in [5, 5.41) is 3.37. The minimum atomic E-state index is 0.204. The number of nitrogens with zero attached hydrogens (tertiary/aromatic N) is 2. The summed E-state index contributed by atoms with van der Waals surface area (Å²) in [5.74, 6) is 1.86. The van der Waals surface area contributed by atoms with Crippen LogP contribution >= 0.6 is 0 Å². The molecule has 0 aliphatic rings. The molecule has 0 unspecified atom stereocenters. The molecule has 1 aromatic carbocycles. The molecule has 0 bridgehead atoms. The van der Waals surface area contributed by atoms with Gasteiger partial charge in [0.05, 0.1) is 18.0 Å². The van der Waals surface area contributed by atoms with Gasteiger partial charge in [0.2, 0.25) is 0 Å². The highest BCUT2D eigenvalue weighted by Gasteiger charge is 2.00. The number of nitrogens with one attached hydrogen (secondary N) is 1. The largest absolute Gasteiger partial charge is 0.491 e. The third-order valence-electron chi connectivity index (χ3n) is 3.00. The monoisotopic (exact) mass is 285 g/mol. The molecule has 4 nitrogen and oxygen atoms in total. The van der Waals surface area contributed by atoms with Gasteiger partial charge in [-0.05, 0) is 43.7 Å². The van der Waals surface area contributed by atoms with Gasteiger partial charge >= 0.3 is 0 Å². The molecule has 0 fully saturated rings. The van der Waals surface area contributed by atoms with Crippen LogP contribution in [-0.4, -0.2) is 25.2 Å². The lowest BCUT2D eigenvalue weighted by Crippen LogP contribution is -2.10. The van der Waals surface area contributed by atoms with Crippen LogP contribution in [0.25, 0.3) is 0 Å². The third-order valence-corrected chi connectivity index (χ3v) is 3.00. The fraction of sp³-hybridized carbons (Fsp3) is 0.353. The van der Waals surface area contributed by atoms with Crippen molar-refractivity contribution in [2.24, 2.45) is 0 Å². The molecule has 1 aromatic heterocycles. The van der Waals surface area contributed by atoms with Crippen molar-refractivity contribution in [3.63, 3.8) is 0 Å². The van der Waals surface area contributed by atoms with Crippen LogP contribution in [0.1, 0.15) is 19.4 Å². The van der Waals surface area contributed by atoms with Crippen LogP contribution in [0.4, 0.5) is 11.5 Å². The number of benzene rings is 1. The normalized spacial score (nSPS) is 10.5. The summed E-state index contributed by atoms with van der Waals surface area (Å²) in [5.41, 5.74) is 2.23. The second-order valence-electron chi connectivity index (χ2n) is 5.46. The molecule has 0 saturated carbocycles. The number of hydrogen-bond donors (Lipinski definition) is 1. The van der Waals surface area contributed by atoms with E-state index in [4.69, 9.17) is 4.74 Å². The molecule has 2 rings (SSSR count). The SMILES string of the molecule is CC(C)Oc1ccc(CNc2ccc(N(C)C)nc2)cc1. The molecule has 0 radical (unpaired) electrons. The maximum absolute atomic E-state index is 5.63. The molecular weight excluding hydrogens is 262 g/mol. The van der Waals surface area contributed by atoms with E-state index in [9.17, 15) is 0 Å². The van der Waals surface area contributed by atoms with E-state index in [0.29, 0.717) is 0 Å². The Morgan fingerprint density at radius 2 is 1.81 bits per heavy atom. The summed E-state index contributed by atoms with van der Waals surface area (Å²) in [6.07, 6.45) is 2.06. The Bertz CT molecular complexity index is 547. The second kappa shape index (κ2) is 6.97. The average Bonchev–Trinajstić information content (AvgIpc) is 2.46. The summed E-state index contributed by atoms with van der Waals surface area (Å²) < 4.78 is 5.63. The molecule has 0 atom stereocenters. The van der Waals surface area contributed by atoms with Crippen LogP contribution in [0.3, 0.4) is 0 Å². The molecule has 1 heterocycles. The summed E-state index contributed by atoms with van der Waals surface area (Å²) in [6.45, 7) is 4.82. The Morgan fingerprint density at radius 3 is 2.33 bits per heavy atom. The Hall–Kier alpha value is -2.23. The maximum atomic E-state index is 5.63. The van der Waals surface area contributed by atoms with E-state index in [1.165, 1.54) is 5.56 Å². The molecule has 0 aliphatic carbocycles. The average molecular weight is 285 g/mol. The topological polar surface area (TPSA) is 37.4 Å². The number of anilines is 2. The van der Waals surface area contributed by atoms with Crippen LogP contribution in [0.15, 0.2) is 42.6 Å². The van der Waals surface area contributed by atoms with Crippen LogP contribution < -0.4 is 15.0 Å². The van der Waals surface area contributed by atoms with Crippen LogP contribution in [0.2, 0.25) is 0 Å². The number of hydrogen-bond acceptors (Lipinski definition) is 4. The number of aromatic nitrogens is 1. The van der Waals surface area contributed by atoms with Crippen molar-refractivity contribution < 1.29 is 4.74 Å². The zero-order valence-corrected chi connectivity index (χ0v) is 13.1. The van der Waals surface area contributed by atoms with Crippen molar-refractivity contribution in [1.82, 2.24) is 4.98 Å². The first-order valence-electron chi connectivity index (χ1n) is 7.17. The predicted molar refractivity (Wildman–Crippen MR) is 88.1 cm³/mol.